The SMILES string of the molecule is CC1CCC[C@H]([C@H]2CCC(F)(F)CC2C(=O)Nc2ccnc(S(N)(=O)=O)c2)C1. The predicted octanol–water partition coefficient (Wildman–Crippen LogP) is 3.55. The molecular formula is C19H27F2N3O3S. The second-order valence-electron chi connectivity index (χ2n) is 8.32. The minimum Gasteiger partial charge on any atom is -0.326 e. The number of rotatable bonds is 4. The number of pyridine rings is 1. The lowest BCUT2D eigenvalue weighted by Crippen LogP contribution is -2.43. The summed E-state index contributed by atoms with van der Waals surface area (Å²) in [6.07, 6.45) is 5.03. The number of hydrogen-bond donors (Lipinski definition) is 2. The van der Waals surface area contributed by atoms with Crippen molar-refractivity contribution < 1.29 is 22.0 Å². The van der Waals surface area contributed by atoms with Gasteiger partial charge in [-0.05, 0) is 36.7 Å². The van der Waals surface area contributed by atoms with Gasteiger partial charge in [-0.2, -0.15) is 0 Å². The standard InChI is InChI=1S/C19H27F2N3O3S/c1-12-3-2-4-13(9-12)15-5-7-19(20,21)11-16(15)18(25)24-14-6-8-23-17(10-14)28(22,26)27/h6,8,10,12-13,15-16H,2-5,7,9,11H2,1H3,(H2,22,26,27)(H,23,24,25)/t12?,13-,15+,16?/m0/s1. The van der Waals surface area contributed by atoms with E-state index in [1.165, 1.54) is 12.3 Å². The molecule has 1 aromatic heterocycles. The number of aromatic nitrogens is 1. The van der Waals surface area contributed by atoms with Gasteiger partial charge < -0.3 is 5.32 Å². The largest absolute Gasteiger partial charge is 0.326 e. The summed E-state index contributed by atoms with van der Waals surface area (Å²) >= 11 is 0. The Balaban J connectivity index is 1.79. The molecule has 2 unspecified atom stereocenters. The minimum absolute atomic E-state index is 0.0816. The van der Waals surface area contributed by atoms with Gasteiger partial charge in [0.05, 0.1) is 0 Å². The Morgan fingerprint density at radius 2 is 2.07 bits per heavy atom. The van der Waals surface area contributed by atoms with E-state index < -0.39 is 34.2 Å². The van der Waals surface area contributed by atoms with E-state index in [0.717, 1.165) is 31.7 Å². The maximum absolute atomic E-state index is 14.1. The van der Waals surface area contributed by atoms with Crippen molar-refractivity contribution in [3.63, 3.8) is 0 Å². The van der Waals surface area contributed by atoms with Crippen molar-refractivity contribution in [2.45, 2.75) is 62.8 Å². The van der Waals surface area contributed by atoms with Gasteiger partial charge in [-0.1, -0.05) is 26.2 Å². The van der Waals surface area contributed by atoms with Gasteiger partial charge in [-0.15, -0.1) is 0 Å². The summed E-state index contributed by atoms with van der Waals surface area (Å²) in [6.45, 7) is 2.17. The molecule has 0 saturated heterocycles. The molecule has 28 heavy (non-hydrogen) atoms. The molecule has 2 saturated carbocycles. The maximum Gasteiger partial charge on any atom is 0.255 e. The van der Waals surface area contributed by atoms with Crippen molar-refractivity contribution in [3.05, 3.63) is 18.3 Å². The highest BCUT2D eigenvalue weighted by Gasteiger charge is 2.47. The molecular weight excluding hydrogens is 388 g/mol. The third-order valence-corrected chi connectivity index (χ3v) is 6.90. The first-order valence-electron chi connectivity index (χ1n) is 9.73. The van der Waals surface area contributed by atoms with Gasteiger partial charge in [0, 0.05) is 36.7 Å². The van der Waals surface area contributed by atoms with Gasteiger partial charge in [0.15, 0.2) is 5.03 Å². The van der Waals surface area contributed by atoms with Crippen molar-refractivity contribution in [2.24, 2.45) is 28.8 Å². The van der Waals surface area contributed by atoms with Crippen LogP contribution in [-0.2, 0) is 14.8 Å². The molecule has 0 spiro atoms. The van der Waals surface area contributed by atoms with Crippen molar-refractivity contribution in [3.8, 4) is 0 Å². The zero-order chi connectivity index (χ0) is 20.5. The number of carbonyl (C=O) groups is 1. The first-order valence-corrected chi connectivity index (χ1v) is 11.3. The fourth-order valence-electron chi connectivity index (χ4n) is 4.75. The number of halogens is 2. The molecule has 3 N–H and O–H groups in total. The normalized spacial score (nSPS) is 30.6. The van der Waals surface area contributed by atoms with Gasteiger partial charge in [0.2, 0.25) is 11.8 Å². The molecule has 2 aliphatic rings. The summed E-state index contributed by atoms with van der Waals surface area (Å²) in [5.41, 5.74) is 0.189. The summed E-state index contributed by atoms with van der Waals surface area (Å²) < 4.78 is 51.1. The Kier molecular flexibility index (Phi) is 6.05. The van der Waals surface area contributed by atoms with Crippen LogP contribution in [0, 0.1) is 23.7 Å². The molecule has 0 radical (unpaired) electrons. The number of nitrogens with zero attached hydrogens (tertiary/aromatic N) is 1. The van der Waals surface area contributed by atoms with Crippen LogP contribution in [0.4, 0.5) is 14.5 Å². The van der Waals surface area contributed by atoms with Crippen LogP contribution in [0.2, 0.25) is 0 Å². The number of sulfonamides is 1. The van der Waals surface area contributed by atoms with Crippen LogP contribution >= 0.6 is 0 Å². The number of nitrogens with two attached hydrogens (primary N) is 1. The Labute approximate surface area is 164 Å². The van der Waals surface area contributed by atoms with Crippen molar-refractivity contribution in [2.75, 3.05) is 5.32 Å². The fraction of sp³-hybridized carbons (Fsp3) is 0.684. The van der Waals surface area contributed by atoms with Gasteiger partial charge >= 0.3 is 0 Å². The van der Waals surface area contributed by atoms with Crippen LogP contribution in [0.15, 0.2) is 23.4 Å². The molecule has 156 valence electrons. The monoisotopic (exact) mass is 415 g/mol. The first-order chi connectivity index (χ1) is 13.0. The molecule has 2 fully saturated rings. The van der Waals surface area contributed by atoms with Gasteiger partial charge in [0.25, 0.3) is 10.0 Å². The van der Waals surface area contributed by atoms with Gasteiger partial charge in [-0.3, -0.25) is 4.79 Å². The Bertz CT molecular complexity index is 831. The van der Waals surface area contributed by atoms with Crippen LogP contribution in [0.3, 0.4) is 0 Å². The highest BCUT2D eigenvalue weighted by atomic mass is 32.2. The number of amides is 1. The summed E-state index contributed by atoms with van der Waals surface area (Å²) in [4.78, 5) is 16.6. The van der Waals surface area contributed by atoms with E-state index >= 15 is 0 Å². The number of alkyl halides is 2. The first kappa shape index (κ1) is 21.1. The van der Waals surface area contributed by atoms with Crippen LogP contribution in [-0.4, -0.2) is 25.2 Å². The lowest BCUT2D eigenvalue weighted by atomic mass is 9.65. The van der Waals surface area contributed by atoms with Crippen LogP contribution in [0.5, 0.6) is 0 Å². The molecule has 0 aromatic carbocycles. The molecule has 0 aliphatic heterocycles. The molecule has 3 rings (SSSR count). The average Bonchev–Trinajstić information content (AvgIpc) is 2.60. The summed E-state index contributed by atoms with van der Waals surface area (Å²) in [5, 5.41) is 7.30. The second-order valence-corrected chi connectivity index (χ2v) is 9.83. The average molecular weight is 416 g/mol. The molecule has 9 heteroatoms. The molecule has 1 aromatic rings. The smallest absolute Gasteiger partial charge is 0.255 e. The van der Waals surface area contributed by atoms with Gasteiger partial charge in [0.1, 0.15) is 0 Å². The third kappa shape index (κ3) is 5.05. The number of carbonyl (C=O) groups excluding carboxylic acids is 1. The molecule has 1 amide bonds. The predicted molar refractivity (Wildman–Crippen MR) is 101 cm³/mol. The van der Waals surface area contributed by atoms with E-state index in [0.29, 0.717) is 12.3 Å². The number of nitrogens with one attached hydrogen (secondary N) is 1. The molecule has 6 nitrogen and oxygen atoms in total. The van der Waals surface area contributed by atoms with E-state index in [1.54, 1.807) is 0 Å². The molecule has 1 heterocycles. The minimum atomic E-state index is -4.02. The van der Waals surface area contributed by atoms with E-state index in [1.807, 2.05) is 0 Å². The number of anilines is 1. The number of hydrogen-bond acceptors (Lipinski definition) is 4. The van der Waals surface area contributed by atoms with E-state index in [9.17, 15) is 22.0 Å². The lowest BCUT2D eigenvalue weighted by molar-refractivity contribution is -0.134. The van der Waals surface area contributed by atoms with Crippen molar-refractivity contribution in [1.29, 1.82) is 0 Å². The van der Waals surface area contributed by atoms with Crippen molar-refractivity contribution in [1.82, 2.24) is 4.98 Å². The molecule has 0 bridgehead atoms. The lowest BCUT2D eigenvalue weighted by Gasteiger charge is -2.42. The number of primary sulfonamides is 1. The Morgan fingerprint density at radius 1 is 1.32 bits per heavy atom. The highest BCUT2D eigenvalue weighted by molar-refractivity contribution is 7.89. The zero-order valence-electron chi connectivity index (χ0n) is 15.9. The topological polar surface area (TPSA) is 102 Å². The Morgan fingerprint density at radius 3 is 2.75 bits per heavy atom. The maximum atomic E-state index is 14.1. The van der Waals surface area contributed by atoms with Crippen LogP contribution < -0.4 is 10.5 Å². The quantitative estimate of drug-likeness (QED) is 0.785. The van der Waals surface area contributed by atoms with Crippen LogP contribution in [0.25, 0.3) is 0 Å². The fourth-order valence-corrected chi connectivity index (χ4v) is 5.25. The van der Waals surface area contributed by atoms with E-state index in [2.05, 4.69) is 17.2 Å². The van der Waals surface area contributed by atoms with E-state index in [-0.39, 0.29) is 29.0 Å². The molecule has 4 atom stereocenters. The molecule has 2 aliphatic carbocycles. The highest BCUT2D eigenvalue weighted by Crippen LogP contribution is 2.47. The van der Waals surface area contributed by atoms with Crippen LogP contribution in [0.1, 0.15) is 51.9 Å². The summed E-state index contributed by atoms with van der Waals surface area (Å²) in [7, 11) is -4.02. The second kappa shape index (κ2) is 8.02. The van der Waals surface area contributed by atoms with Crippen molar-refractivity contribution >= 4 is 21.6 Å². The van der Waals surface area contributed by atoms with Gasteiger partial charge in [-0.25, -0.2) is 27.3 Å². The Hall–Kier alpha value is -1.61. The third-order valence-electron chi connectivity index (χ3n) is 6.09. The zero-order valence-corrected chi connectivity index (χ0v) is 16.7. The summed E-state index contributed by atoms with van der Waals surface area (Å²) in [6, 6.07) is 2.57. The van der Waals surface area contributed by atoms with E-state index in [4.69, 9.17) is 5.14 Å². The summed E-state index contributed by atoms with van der Waals surface area (Å²) in [5.74, 6) is -3.42.